The number of urea groups is 1. The van der Waals surface area contributed by atoms with Crippen LogP contribution in [0.1, 0.15) is 5.56 Å². The van der Waals surface area contributed by atoms with Gasteiger partial charge in [0.15, 0.2) is 0 Å². The van der Waals surface area contributed by atoms with Crippen molar-refractivity contribution < 1.29 is 4.79 Å². The number of rotatable bonds is 1. The van der Waals surface area contributed by atoms with Crippen LogP contribution < -0.4 is 22.1 Å². The van der Waals surface area contributed by atoms with Crippen LogP contribution in [0.5, 0.6) is 0 Å². The molecule has 2 amide bonds. The van der Waals surface area contributed by atoms with Gasteiger partial charge in [0, 0.05) is 0 Å². The molecule has 1 aromatic carbocycles. The van der Waals surface area contributed by atoms with Gasteiger partial charge >= 0.3 is 6.03 Å². The Labute approximate surface area is 86.6 Å². The quantitative estimate of drug-likeness (QED) is 0.369. The number of carbonyl (C=O) groups excluding carboxylic acids is 1. The van der Waals surface area contributed by atoms with Gasteiger partial charge in [-0.25, -0.2) is 21.5 Å². The lowest BCUT2D eigenvalue weighted by Crippen LogP contribution is -2.47. The highest BCUT2D eigenvalue weighted by molar-refractivity contribution is 6.33. The van der Waals surface area contributed by atoms with Gasteiger partial charge in [-0.1, -0.05) is 17.7 Å². The Balaban J connectivity index is 3.01. The molecule has 0 aliphatic rings. The van der Waals surface area contributed by atoms with Gasteiger partial charge < -0.3 is 0 Å². The Bertz CT molecular complexity index is 355. The molecule has 0 saturated heterocycles. The van der Waals surface area contributed by atoms with Crippen LogP contribution in [0.2, 0.25) is 5.02 Å². The second-order valence-electron chi connectivity index (χ2n) is 2.77. The highest BCUT2D eigenvalue weighted by Crippen LogP contribution is 2.24. The first-order valence-electron chi connectivity index (χ1n) is 3.88. The molecular weight excluding hydrogens is 204 g/mol. The van der Waals surface area contributed by atoms with Crippen molar-refractivity contribution in [3.8, 4) is 0 Å². The number of halogens is 1. The third-order valence-corrected chi connectivity index (χ3v) is 2.01. The molecule has 0 aliphatic carbocycles. The lowest BCUT2D eigenvalue weighted by Gasteiger charge is -2.17. The van der Waals surface area contributed by atoms with Crippen LogP contribution in [0.4, 0.5) is 10.5 Å². The molecule has 0 heterocycles. The number of hydrogen-bond acceptors (Lipinski definition) is 3. The van der Waals surface area contributed by atoms with Crippen molar-refractivity contribution in [2.24, 2.45) is 11.7 Å². The summed E-state index contributed by atoms with van der Waals surface area (Å²) in [5.74, 6) is 10.4. The van der Waals surface area contributed by atoms with E-state index in [1.807, 2.05) is 12.3 Å². The van der Waals surface area contributed by atoms with E-state index >= 15 is 0 Å². The zero-order valence-corrected chi connectivity index (χ0v) is 8.38. The summed E-state index contributed by atoms with van der Waals surface area (Å²) in [5, 5.41) is 1.25. The predicted octanol–water partition coefficient (Wildman–Crippen LogP) is 0.912. The van der Waals surface area contributed by atoms with E-state index < -0.39 is 6.03 Å². The maximum absolute atomic E-state index is 11.1. The van der Waals surface area contributed by atoms with E-state index in [4.69, 9.17) is 23.3 Å². The number of nitrogens with two attached hydrogens (primary N) is 2. The molecule has 0 fully saturated rings. The topological polar surface area (TPSA) is 84.4 Å². The van der Waals surface area contributed by atoms with Crippen molar-refractivity contribution in [2.75, 3.05) is 5.01 Å². The first-order valence-corrected chi connectivity index (χ1v) is 4.25. The fourth-order valence-electron chi connectivity index (χ4n) is 0.986. The van der Waals surface area contributed by atoms with Crippen LogP contribution in [-0.2, 0) is 0 Å². The van der Waals surface area contributed by atoms with E-state index in [0.29, 0.717) is 10.7 Å². The third kappa shape index (κ3) is 2.14. The molecule has 0 aromatic heterocycles. The molecule has 5 nitrogen and oxygen atoms in total. The van der Waals surface area contributed by atoms with E-state index in [-0.39, 0.29) is 0 Å². The van der Waals surface area contributed by atoms with Crippen molar-refractivity contribution >= 4 is 23.3 Å². The molecule has 0 unspecified atom stereocenters. The zero-order chi connectivity index (χ0) is 10.7. The summed E-state index contributed by atoms with van der Waals surface area (Å²) >= 11 is 5.88. The van der Waals surface area contributed by atoms with Gasteiger partial charge in [0.2, 0.25) is 0 Å². The number of carbonyl (C=O) groups is 1. The van der Waals surface area contributed by atoms with Gasteiger partial charge in [0.05, 0.1) is 10.7 Å². The number of hydrazine groups is 2. The molecule has 0 saturated carbocycles. The Kier molecular flexibility index (Phi) is 3.29. The molecule has 0 radical (unpaired) electrons. The van der Waals surface area contributed by atoms with Gasteiger partial charge in [-0.15, -0.1) is 0 Å². The molecular formula is C8H11ClN4O. The van der Waals surface area contributed by atoms with Gasteiger partial charge in [0.1, 0.15) is 0 Å². The smallest absolute Gasteiger partial charge is 0.274 e. The Hall–Kier alpha value is -1.30. The van der Waals surface area contributed by atoms with Gasteiger partial charge in [-0.2, -0.15) is 0 Å². The van der Waals surface area contributed by atoms with E-state index in [1.54, 1.807) is 18.2 Å². The fraction of sp³-hybridized carbons (Fsp3) is 0.125. The maximum atomic E-state index is 11.1. The molecule has 14 heavy (non-hydrogen) atoms. The van der Waals surface area contributed by atoms with Crippen LogP contribution in [0.25, 0.3) is 0 Å². The number of nitrogens with one attached hydrogen (secondary N) is 1. The minimum absolute atomic E-state index is 0.399. The molecule has 1 aromatic rings. The second kappa shape index (κ2) is 4.28. The largest absolute Gasteiger partial charge is 0.350 e. The summed E-state index contributed by atoms with van der Waals surface area (Å²) in [5.41, 5.74) is 3.30. The van der Waals surface area contributed by atoms with Crippen LogP contribution in [0.15, 0.2) is 18.2 Å². The van der Waals surface area contributed by atoms with Crippen LogP contribution in [0, 0.1) is 6.92 Å². The highest BCUT2D eigenvalue weighted by Gasteiger charge is 2.12. The van der Waals surface area contributed by atoms with Crippen molar-refractivity contribution in [3.05, 3.63) is 28.8 Å². The molecule has 5 N–H and O–H groups in total. The number of amides is 2. The number of nitrogens with zero attached hydrogens (tertiary/aromatic N) is 1. The average molecular weight is 215 g/mol. The van der Waals surface area contributed by atoms with Gasteiger partial charge in [-0.05, 0) is 24.6 Å². The Morgan fingerprint density at radius 3 is 2.71 bits per heavy atom. The Morgan fingerprint density at radius 1 is 1.57 bits per heavy atom. The number of benzene rings is 1. The first-order chi connectivity index (χ1) is 6.56. The minimum Gasteiger partial charge on any atom is -0.274 e. The number of hydrogen-bond donors (Lipinski definition) is 3. The van der Waals surface area contributed by atoms with Crippen LogP contribution >= 0.6 is 11.6 Å². The van der Waals surface area contributed by atoms with Crippen molar-refractivity contribution in [1.29, 1.82) is 0 Å². The van der Waals surface area contributed by atoms with E-state index in [1.165, 1.54) is 0 Å². The molecule has 0 aliphatic heterocycles. The molecule has 1 rings (SSSR count). The lowest BCUT2D eigenvalue weighted by molar-refractivity contribution is 0.246. The summed E-state index contributed by atoms with van der Waals surface area (Å²) in [7, 11) is 0. The predicted molar refractivity (Wildman–Crippen MR) is 55.6 cm³/mol. The highest BCUT2D eigenvalue weighted by atomic mass is 35.5. The van der Waals surface area contributed by atoms with E-state index in [9.17, 15) is 4.79 Å². The van der Waals surface area contributed by atoms with Crippen molar-refractivity contribution in [1.82, 2.24) is 5.43 Å². The van der Waals surface area contributed by atoms with E-state index in [2.05, 4.69) is 0 Å². The lowest BCUT2D eigenvalue weighted by atomic mass is 10.2. The van der Waals surface area contributed by atoms with Crippen molar-refractivity contribution in [3.63, 3.8) is 0 Å². The Morgan fingerprint density at radius 2 is 2.21 bits per heavy atom. The third-order valence-electron chi connectivity index (χ3n) is 1.70. The van der Waals surface area contributed by atoms with Gasteiger partial charge in [0.25, 0.3) is 0 Å². The maximum Gasteiger partial charge on any atom is 0.350 e. The van der Waals surface area contributed by atoms with Crippen molar-refractivity contribution in [2.45, 2.75) is 6.92 Å². The molecule has 0 spiro atoms. The fourth-order valence-corrected chi connectivity index (χ4v) is 1.31. The summed E-state index contributed by atoms with van der Waals surface area (Å²) in [6, 6.07) is 4.52. The normalized spacial score (nSPS) is 9.71. The number of anilines is 1. The monoisotopic (exact) mass is 214 g/mol. The summed E-state index contributed by atoms with van der Waals surface area (Å²) in [6.07, 6.45) is 0. The summed E-state index contributed by atoms with van der Waals surface area (Å²) < 4.78 is 0. The SMILES string of the molecule is Cc1ccc(N(N)C(=O)NN)c(Cl)c1. The summed E-state index contributed by atoms with van der Waals surface area (Å²) in [6.45, 7) is 1.89. The van der Waals surface area contributed by atoms with Crippen LogP contribution in [0.3, 0.4) is 0 Å². The molecule has 6 heteroatoms. The average Bonchev–Trinajstić information content (AvgIpc) is 2.15. The minimum atomic E-state index is -0.629. The molecule has 76 valence electrons. The number of aryl methyl sites for hydroxylation is 1. The van der Waals surface area contributed by atoms with E-state index in [0.717, 1.165) is 10.6 Å². The standard InChI is InChI=1S/C8H11ClN4O/c1-5-2-3-7(6(9)4-5)13(11)8(14)12-10/h2-4H,10-11H2,1H3,(H,12,14). The first kappa shape index (κ1) is 10.8. The second-order valence-corrected chi connectivity index (χ2v) is 3.18. The molecule has 0 atom stereocenters. The summed E-state index contributed by atoms with van der Waals surface area (Å²) in [4.78, 5) is 11.1. The molecule has 0 bridgehead atoms. The van der Waals surface area contributed by atoms with Gasteiger partial charge in [-0.3, -0.25) is 5.43 Å². The van der Waals surface area contributed by atoms with Crippen LogP contribution in [-0.4, -0.2) is 6.03 Å². The zero-order valence-electron chi connectivity index (χ0n) is 7.62.